The van der Waals surface area contributed by atoms with Crippen LogP contribution in [0.5, 0.6) is 5.75 Å². The maximum Gasteiger partial charge on any atom is 0.255 e. The summed E-state index contributed by atoms with van der Waals surface area (Å²) in [5, 5.41) is 15.2. The first-order valence-corrected chi connectivity index (χ1v) is 19.6. The predicted octanol–water partition coefficient (Wildman–Crippen LogP) is 5.73. The molecule has 2 saturated heterocycles. The molecule has 2 N–H and O–H groups in total. The highest BCUT2D eigenvalue weighted by Gasteiger charge is 2.64. The van der Waals surface area contributed by atoms with Crippen molar-refractivity contribution in [1.82, 2.24) is 20.4 Å². The van der Waals surface area contributed by atoms with Crippen LogP contribution in [0, 0.1) is 22.2 Å². The Morgan fingerprint density at radius 2 is 1.69 bits per heavy atom. The van der Waals surface area contributed by atoms with Gasteiger partial charge in [-0.1, -0.05) is 51.4 Å². The Morgan fingerprint density at radius 1 is 0.964 bits per heavy atom. The van der Waals surface area contributed by atoms with Gasteiger partial charge in [0.2, 0.25) is 11.8 Å². The molecule has 0 radical (unpaired) electrons. The molecule has 4 aliphatic rings. The molecule has 3 heterocycles. The molecule has 3 aromatic rings. The van der Waals surface area contributed by atoms with E-state index >= 15 is 0 Å². The number of fused-ring (bicyclic) bond motifs is 1. The number of unbranched alkanes of at least 4 members (excludes halogenated alkanes) is 1. The quantitative estimate of drug-likeness (QED) is 0.187. The summed E-state index contributed by atoms with van der Waals surface area (Å²) in [5.41, 5.74) is 4.25. The lowest BCUT2D eigenvalue weighted by Gasteiger charge is -2.63. The van der Waals surface area contributed by atoms with Gasteiger partial charge in [0, 0.05) is 78.9 Å². The smallest absolute Gasteiger partial charge is 0.255 e. The highest BCUT2D eigenvalue weighted by molar-refractivity contribution is 6.31. The van der Waals surface area contributed by atoms with Gasteiger partial charge >= 0.3 is 0 Å². The Kier molecular flexibility index (Phi) is 10.7. The number of piperazine rings is 1. The molecular weight excluding hydrogens is 716 g/mol. The van der Waals surface area contributed by atoms with Crippen molar-refractivity contribution >= 4 is 40.9 Å². The number of halogens is 1. The highest BCUT2D eigenvalue weighted by Crippen LogP contribution is 2.55. The topological polar surface area (TPSA) is 135 Å². The molecule has 288 valence electrons. The van der Waals surface area contributed by atoms with Gasteiger partial charge in [-0.25, -0.2) is 0 Å². The predicted molar refractivity (Wildman–Crippen MR) is 210 cm³/mol. The Bertz CT molecular complexity index is 2020. The number of carbonyl (C=O) groups excluding carboxylic acids is 4. The second-order valence-corrected chi connectivity index (χ2v) is 16.9. The lowest BCUT2D eigenvalue weighted by molar-refractivity contribution is -0.164. The minimum absolute atomic E-state index is 0.0979. The lowest BCUT2D eigenvalue weighted by Crippen LogP contribution is -2.74. The van der Waals surface area contributed by atoms with Gasteiger partial charge in [0.15, 0.2) is 0 Å². The maximum absolute atomic E-state index is 13.4. The number of amides is 4. The zero-order chi connectivity index (χ0) is 39.1. The van der Waals surface area contributed by atoms with E-state index in [0.717, 1.165) is 63.2 Å². The zero-order valence-electron chi connectivity index (χ0n) is 32.0. The molecule has 3 aromatic carbocycles. The number of benzene rings is 3. The number of ether oxygens (including phenoxy) is 1. The highest BCUT2D eigenvalue weighted by atomic mass is 35.5. The second-order valence-electron chi connectivity index (χ2n) is 16.5. The van der Waals surface area contributed by atoms with E-state index in [0.29, 0.717) is 40.4 Å². The van der Waals surface area contributed by atoms with E-state index in [-0.39, 0.29) is 53.0 Å². The summed E-state index contributed by atoms with van der Waals surface area (Å²) >= 11 is 6.24. The standard InChI is InChI=1S/C43H49ClN6O5/c1-42(2)40(43(3,4)41(42)55-32-14-12-29(25-45)34(44)24-32)47-37(52)28-10-8-27(9-11-28)7-5-6-18-48-19-21-49(22-20-48)31-13-15-33-30(23-31)26-50(39(33)54)35-16-17-36(51)46-38(35)53/h8-15,23-24,35,40-41H,5-7,16-22,26H2,1-4H3,(H,47,52)(H,46,51,53)/t35-,40?,41?/m0/s1. The average molecular weight is 765 g/mol. The summed E-state index contributed by atoms with van der Waals surface area (Å²) in [6.07, 6.45) is 3.54. The number of nitrogens with one attached hydrogen (secondary N) is 2. The zero-order valence-corrected chi connectivity index (χ0v) is 32.7. The summed E-state index contributed by atoms with van der Waals surface area (Å²) in [6, 6.07) is 20.4. The Morgan fingerprint density at radius 3 is 2.36 bits per heavy atom. The van der Waals surface area contributed by atoms with Crippen LogP contribution in [0.4, 0.5) is 5.69 Å². The third-order valence-electron chi connectivity index (χ3n) is 12.1. The van der Waals surface area contributed by atoms with E-state index in [9.17, 15) is 24.4 Å². The summed E-state index contributed by atoms with van der Waals surface area (Å²) in [7, 11) is 0. The van der Waals surface area contributed by atoms with Crippen LogP contribution in [-0.2, 0) is 22.6 Å². The number of aryl methyl sites for hydroxylation is 1. The molecule has 0 aromatic heterocycles. The van der Waals surface area contributed by atoms with Crippen molar-refractivity contribution in [3.05, 3.63) is 93.5 Å². The van der Waals surface area contributed by atoms with E-state index in [1.54, 1.807) is 23.1 Å². The molecule has 0 unspecified atom stereocenters. The van der Waals surface area contributed by atoms with Gasteiger partial charge in [-0.2, -0.15) is 5.26 Å². The molecule has 3 fully saturated rings. The van der Waals surface area contributed by atoms with Gasteiger partial charge in [0.05, 0.1) is 10.6 Å². The van der Waals surface area contributed by atoms with Crippen LogP contribution in [0.3, 0.4) is 0 Å². The summed E-state index contributed by atoms with van der Waals surface area (Å²) in [4.78, 5) is 56.9. The van der Waals surface area contributed by atoms with Crippen LogP contribution in [-0.4, -0.2) is 84.3 Å². The van der Waals surface area contributed by atoms with Crippen LogP contribution in [0.2, 0.25) is 5.02 Å². The van der Waals surface area contributed by atoms with Crippen LogP contribution in [0.25, 0.3) is 0 Å². The van der Waals surface area contributed by atoms with Crippen molar-refractivity contribution in [2.45, 2.75) is 84.5 Å². The van der Waals surface area contributed by atoms with E-state index in [2.05, 4.69) is 72.4 Å². The molecule has 0 bridgehead atoms. The van der Waals surface area contributed by atoms with Gasteiger partial charge in [0.1, 0.15) is 24.0 Å². The first-order valence-electron chi connectivity index (χ1n) is 19.3. The van der Waals surface area contributed by atoms with Crippen molar-refractivity contribution < 1.29 is 23.9 Å². The van der Waals surface area contributed by atoms with Gasteiger partial charge in [-0.05, 0) is 85.8 Å². The number of imide groups is 1. The van der Waals surface area contributed by atoms with Crippen molar-refractivity contribution in [2.24, 2.45) is 10.8 Å². The van der Waals surface area contributed by atoms with Crippen molar-refractivity contribution in [2.75, 3.05) is 37.6 Å². The molecule has 1 saturated carbocycles. The number of hydrogen-bond donors (Lipinski definition) is 2. The van der Waals surface area contributed by atoms with Gasteiger partial charge in [-0.3, -0.25) is 29.4 Å². The third-order valence-corrected chi connectivity index (χ3v) is 12.4. The summed E-state index contributed by atoms with van der Waals surface area (Å²) in [6.45, 7) is 13.6. The number of carbonyl (C=O) groups is 4. The normalized spacial score (nSPS) is 23.1. The Labute approximate surface area is 327 Å². The fraction of sp³-hybridized carbons (Fsp3) is 0.465. The fourth-order valence-corrected chi connectivity index (χ4v) is 9.50. The molecule has 0 spiro atoms. The van der Waals surface area contributed by atoms with E-state index in [1.807, 2.05) is 24.3 Å². The van der Waals surface area contributed by atoms with Crippen molar-refractivity contribution in [3.63, 3.8) is 0 Å². The monoisotopic (exact) mass is 764 g/mol. The first kappa shape index (κ1) is 38.4. The number of nitrogens with zero attached hydrogens (tertiary/aromatic N) is 4. The van der Waals surface area contributed by atoms with Crippen LogP contribution in [0.15, 0.2) is 60.7 Å². The SMILES string of the molecule is CC1(C)C(NC(=O)c2ccc(CCCCN3CCN(c4ccc5c(c4)CN([C@H]4CCC(=O)NC4=O)C5=O)CC3)cc2)C(C)(C)C1Oc1ccc(C#N)c(Cl)c1. The minimum atomic E-state index is -0.603. The number of anilines is 1. The molecule has 1 aliphatic carbocycles. The van der Waals surface area contributed by atoms with Crippen molar-refractivity contribution in [3.8, 4) is 11.8 Å². The minimum Gasteiger partial charge on any atom is -0.489 e. The molecular formula is C43H49ClN6O5. The van der Waals surface area contributed by atoms with E-state index in [4.69, 9.17) is 16.3 Å². The lowest BCUT2D eigenvalue weighted by atomic mass is 9.49. The number of rotatable bonds is 11. The summed E-state index contributed by atoms with van der Waals surface area (Å²) in [5.74, 6) is -0.309. The van der Waals surface area contributed by atoms with Gasteiger partial charge < -0.3 is 19.9 Å². The molecule has 4 amide bonds. The summed E-state index contributed by atoms with van der Waals surface area (Å²) < 4.78 is 6.37. The van der Waals surface area contributed by atoms with Crippen LogP contribution in [0.1, 0.15) is 90.8 Å². The average Bonchev–Trinajstić information content (AvgIpc) is 3.49. The maximum atomic E-state index is 13.4. The Balaban J connectivity index is 0.831. The first-order chi connectivity index (χ1) is 26.3. The van der Waals surface area contributed by atoms with Crippen molar-refractivity contribution in [1.29, 1.82) is 5.26 Å². The molecule has 55 heavy (non-hydrogen) atoms. The fourth-order valence-electron chi connectivity index (χ4n) is 9.28. The number of piperidine rings is 1. The molecule has 1 atom stereocenters. The molecule has 12 heteroatoms. The second kappa shape index (κ2) is 15.3. The van der Waals surface area contributed by atoms with Gasteiger partial charge in [-0.15, -0.1) is 0 Å². The molecule has 7 rings (SSSR count). The van der Waals surface area contributed by atoms with Crippen LogP contribution < -0.4 is 20.3 Å². The Hall–Kier alpha value is -4.92. The number of hydrogen-bond acceptors (Lipinski definition) is 8. The van der Waals surface area contributed by atoms with E-state index < -0.39 is 6.04 Å². The van der Waals surface area contributed by atoms with Gasteiger partial charge in [0.25, 0.3) is 11.8 Å². The van der Waals surface area contributed by atoms with E-state index in [1.165, 1.54) is 5.56 Å². The largest absolute Gasteiger partial charge is 0.489 e. The molecule has 11 nitrogen and oxygen atoms in total. The molecule has 3 aliphatic heterocycles. The number of nitriles is 1. The van der Waals surface area contributed by atoms with Crippen LogP contribution >= 0.6 is 11.6 Å². The third kappa shape index (κ3) is 7.67.